The van der Waals surface area contributed by atoms with Crippen molar-refractivity contribution in [2.75, 3.05) is 54.1 Å². The number of benzene rings is 1. The van der Waals surface area contributed by atoms with Gasteiger partial charge in [0.05, 0.1) is 45.7 Å². The molecular weight excluding hydrogens is 866 g/mol. The number of aryl methyl sites for hydroxylation is 2. The summed E-state index contributed by atoms with van der Waals surface area (Å²) in [7, 11) is 1.43. The summed E-state index contributed by atoms with van der Waals surface area (Å²) < 4.78 is 40.6. The largest absolute Gasteiger partial charge is 0.494 e. The number of hydrogen-bond acceptors (Lipinski definition) is 9. The van der Waals surface area contributed by atoms with E-state index in [2.05, 4.69) is 57.0 Å². The Morgan fingerprint density at radius 3 is 1.75 bits per heavy atom. The number of nitrogens with zero attached hydrogens (tertiary/aromatic N) is 2. The van der Waals surface area contributed by atoms with E-state index in [-0.39, 0.29) is 32.0 Å². The second-order valence-corrected chi connectivity index (χ2v) is 21.1. The first-order chi connectivity index (χ1) is 32.1. The summed E-state index contributed by atoms with van der Waals surface area (Å²) in [6.45, 7) is 11.1. The molecule has 2 aromatic rings. The lowest BCUT2D eigenvalue weighted by molar-refractivity contribution is -0.870. The SMILES string of the molecule is CCCCCCCCCCCCCCCC(=O)OCC(COP(=O)(O)OCC[N+](C)(C)C)OC(=O)CCCCCCCCCCOc1ccc(/C(=C2/N=C(C)C=C2C)c2[nH]c(C)cc2C)cc1. The molecule has 0 fully saturated rings. The Kier molecular flexibility index (Phi) is 27.9. The van der Waals surface area contributed by atoms with E-state index in [9.17, 15) is 19.0 Å². The first kappa shape index (κ1) is 57.8. The Labute approximate surface area is 404 Å². The van der Waals surface area contributed by atoms with Crippen LogP contribution in [0.3, 0.4) is 0 Å². The summed E-state index contributed by atoms with van der Waals surface area (Å²) in [4.78, 5) is 44.1. The highest BCUT2D eigenvalue weighted by atomic mass is 31.2. The number of rotatable bonds is 38. The molecule has 0 radical (unpaired) electrons. The summed E-state index contributed by atoms with van der Waals surface area (Å²) in [5, 5.41) is 0. The number of likely N-dealkylation sites (N-methyl/N-ethyl adjacent to an activating group) is 1. The molecule has 1 aliphatic heterocycles. The van der Waals surface area contributed by atoms with E-state index < -0.39 is 26.5 Å². The standard InChI is InChI=1S/C54H88N3O9P/c1-9-10-11-12-13-14-15-16-17-18-21-24-27-30-50(58)63-41-49(42-65-67(60,61)64-38-36-57(6,7)8)66-51(59)31-28-25-22-19-20-23-26-29-37-62-48-34-32-47(33-35-48)52(53-43(2)39-45(4)55-53)54-44(3)40-46(5)56-54/h32-35,39-40,49H,9-31,36-38,41-42H2,1-8H3,(H-,55,56,60,61)/p+1. The lowest BCUT2D eigenvalue weighted by atomic mass is 9.96. The van der Waals surface area contributed by atoms with Gasteiger partial charge in [-0.05, 0) is 87.9 Å². The number of quaternary nitrogens is 1. The van der Waals surface area contributed by atoms with Crippen molar-refractivity contribution in [3.8, 4) is 5.75 Å². The summed E-state index contributed by atoms with van der Waals surface area (Å²) in [6.07, 6.45) is 25.4. The van der Waals surface area contributed by atoms with Crippen LogP contribution >= 0.6 is 7.82 Å². The van der Waals surface area contributed by atoms with Gasteiger partial charge in [-0.2, -0.15) is 0 Å². The Bertz CT molecular complexity index is 1880. The number of phosphoric acid groups is 1. The molecule has 1 aliphatic rings. The molecule has 13 heteroatoms. The third-order valence-electron chi connectivity index (χ3n) is 12.1. The minimum Gasteiger partial charge on any atom is -0.494 e. The van der Waals surface area contributed by atoms with E-state index in [4.69, 9.17) is 28.3 Å². The highest BCUT2D eigenvalue weighted by Gasteiger charge is 2.27. The third-order valence-corrected chi connectivity index (χ3v) is 13.0. The lowest BCUT2D eigenvalue weighted by Gasteiger charge is -2.24. The second-order valence-electron chi connectivity index (χ2n) is 19.7. The van der Waals surface area contributed by atoms with Crippen molar-refractivity contribution >= 4 is 31.0 Å². The summed E-state index contributed by atoms with van der Waals surface area (Å²) in [5.74, 6) is 0.0218. The predicted octanol–water partition coefficient (Wildman–Crippen LogP) is 13.5. The van der Waals surface area contributed by atoms with Crippen molar-refractivity contribution in [2.24, 2.45) is 4.99 Å². The number of ether oxygens (including phenoxy) is 3. The average Bonchev–Trinajstić information content (AvgIpc) is 3.79. The van der Waals surface area contributed by atoms with Gasteiger partial charge in [0, 0.05) is 29.8 Å². The maximum Gasteiger partial charge on any atom is 0.472 e. The topological polar surface area (TPSA) is 146 Å². The van der Waals surface area contributed by atoms with Crippen molar-refractivity contribution in [1.29, 1.82) is 0 Å². The van der Waals surface area contributed by atoms with E-state index in [1.807, 2.05) is 40.2 Å². The Morgan fingerprint density at radius 2 is 1.24 bits per heavy atom. The highest BCUT2D eigenvalue weighted by Crippen LogP contribution is 2.43. The second kappa shape index (κ2) is 32.3. The number of hydrogen-bond donors (Lipinski definition) is 2. The number of aliphatic imine (C=N–C) groups is 1. The van der Waals surface area contributed by atoms with E-state index in [0.717, 1.165) is 109 Å². The zero-order chi connectivity index (χ0) is 48.9. The summed E-state index contributed by atoms with van der Waals surface area (Å²) in [5.41, 5.74) is 8.82. The summed E-state index contributed by atoms with van der Waals surface area (Å²) in [6, 6.07) is 10.5. The molecule has 2 atom stereocenters. The quantitative estimate of drug-likeness (QED) is 0.0291. The van der Waals surface area contributed by atoms with Crippen LogP contribution in [0.15, 0.2) is 52.7 Å². The zero-order valence-electron chi connectivity index (χ0n) is 42.9. The van der Waals surface area contributed by atoms with Crippen molar-refractivity contribution in [3.63, 3.8) is 0 Å². The van der Waals surface area contributed by atoms with Gasteiger partial charge in [0.2, 0.25) is 0 Å². The highest BCUT2D eigenvalue weighted by molar-refractivity contribution is 7.47. The molecule has 3 rings (SSSR count). The number of aromatic amines is 1. The molecular formula is C54H89N3O9P+. The monoisotopic (exact) mass is 955 g/mol. The number of esters is 2. The fourth-order valence-corrected chi connectivity index (χ4v) is 8.95. The maximum absolute atomic E-state index is 12.8. The van der Waals surface area contributed by atoms with E-state index in [1.165, 1.54) is 69.8 Å². The van der Waals surface area contributed by atoms with Crippen molar-refractivity contribution in [3.05, 3.63) is 70.2 Å². The van der Waals surface area contributed by atoms with Crippen LogP contribution in [0, 0.1) is 13.8 Å². The molecule has 1 aromatic carbocycles. The predicted molar refractivity (Wildman–Crippen MR) is 272 cm³/mol. The molecule has 0 bridgehead atoms. The number of nitrogens with one attached hydrogen (secondary N) is 1. The molecule has 12 nitrogen and oxygen atoms in total. The van der Waals surface area contributed by atoms with Crippen LogP contribution in [-0.4, -0.2) is 92.2 Å². The molecule has 1 aromatic heterocycles. The number of aromatic nitrogens is 1. The molecule has 2 unspecified atom stereocenters. The first-order valence-corrected chi connectivity index (χ1v) is 27.2. The van der Waals surface area contributed by atoms with Gasteiger partial charge >= 0.3 is 19.8 Å². The molecule has 0 saturated heterocycles. The number of allylic oxidation sites excluding steroid dienone is 2. The van der Waals surface area contributed by atoms with E-state index in [0.29, 0.717) is 24.1 Å². The van der Waals surface area contributed by atoms with Crippen LogP contribution < -0.4 is 4.74 Å². The number of phosphoric ester groups is 1. The van der Waals surface area contributed by atoms with Crippen LogP contribution in [0.2, 0.25) is 0 Å². The first-order valence-electron chi connectivity index (χ1n) is 25.7. The van der Waals surface area contributed by atoms with Gasteiger partial charge in [-0.3, -0.25) is 23.6 Å². The number of H-pyrrole nitrogens is 1. The zero-order valence-corrected chi connectivity index (χ0v) is 43.8. The van der Waals surface area contributed by atoms with E-state index >= 15 is 0 Å². The fourth-order valence-electron chi connectivity index (χ4n) is 8.21. The molecule has 0 saturated carbocycles. The Balaban J connectivity index is 1.30. The third kappa shape index (κ3) is 25.6. The van der Waals surface area contributed by atoms with Crippen molar-refractivity contribution < 1.29 is 46.8 Å². The Morgan fingerprint density at radius 1 is 0.701 bits per heavy atom. The summed E-state index contributed by atoms with van der Waals surface area (Å²) >= 11 is 0. The van der Waals surface area contributed by atoms with Crippen molar-refractivity contribution in [2.45, 2.75) is 188 Å². The van der Waals surface area contributed by atoms with Gasteiger partial charge in [0.1, 0.15) is 25.5 Å². The molecule has 2 N–H and O–H groups in total. The van der Waals surface area contributed by atoms with Gasteiger partial charge in [0.15, 0.2) is 6.10 Å². The smallest absolute Gasteiger partial charge is 0.472 e. The van der Waals surface area contributed by atoms with Gasteiger partial charge in [-0.15, -0.1) is 0 Å². The van der Waals surface area contributed by atoms with Crippen LogP contribution in [0.25, 0.3) is 5.57 Å². The molecule has 0 aliphatic carbocycles. The Hall–Kier alpha value is -3.54. The number of unbranched alkanes of at least 4 members (excludes halogenated alkanes) is 19. The molecule has 2 heterocycles. The van der Waals surface area contributed by atoms with Gasteiger partial charge in [0.25, 0.3) is 0 Å². The van der Waals surface area contributed by atoms with Crippen LogP contribution in [0.1, 0.15) is 191 Å². The van der Waals surface area contributed by atoms with Crippen LogP contribution in [-0.2, 0) is 32.7 Å². The molecule has 378 valence electrons. The van der Waals surface area contributed by atoms with Crippen molar-refractivity contribution in [1.82, 2.24) is 4.98 Å². The van der Waals surface area contributed by atoms with Gasteiger partial charge in [-0.25, -0.2) is 4.57 Å². The molecule has 67 heavy (non-hydrogen) atoms. The lowest BCUT2D eigenvalue weighted by Crippen LogP contribution is -2.37. The minimum absolute atomic E-state index is 0.0174. The molecule has 0 amide bonds. The number of carbonyl (C=O) groups is 2. The van der Waals surface area contributed by atoms with Gasteiger partial charge < -0.3 is 28.6 Å². The van der Waals surface area contributed by atoms with E-state index in [1.54, 1.807) is 0 Å². The van der Waals surface area contributed by atoms with Crippen LogP contribution in [0.4, 0.5) is 0 Å². The fraction of sp³-hybridized carbons (Fsp3) is 0.685. The number of carbonyl (C=O) groups excluding carboxylic acids is 2. The maximum atomic E-state index is 12.8. The molecule has 0 spiro atoms. The minimum atomic E-state index is -4.40. The van der Waals surface area contributed by atoms with Gasteiger partial charge in [-0.1, -0.05) is 135 Å². The average molecular weight is 955 g/mol. The normalized spacial score (nSPS) is 14.9. The van der Waals surface area contributed by atoms with Crippen LogP contribution in [0.5, 0.6) is 5.75 Å².